The molecule has 0 saturated carbocycles. The molecule has 1 aromatic rings. The molecule has 1 amide bonds. The predicted molar refractivity (Wildman–Crippen MR) is 115 cm³/mol. The zero-order valence-electron chi connectivity index (χ0n) is 17.2. The lowest BCUT2D eigenvalue weighted by molar-refractivity contribution is -0.135. The SMILES string of the molecule is Cc1ccc(S(=O)(=O)NC(CC(C)C)C(=O)N2CCCC(C(C)N)C2)cc1.Cl. The van der Waals surface area contributed by atoms with Crippen LogP contribution in [0.1, 0.15) is 45.6 Å². The molecule has 3 unspecified atom stereocenters. The van der Waals surface area contributed by atoms with E-state index in [0.717, 1.165) is 18.4 Å². The monoisotopic (exact) mass is 431 g/mol. The molecule has 3 atom stereocenters. The van der Waals surface area contributed by atoms with Gasteiger partial charge in [0.1, 0.15) is 6.04 Å². The van der Waals surface area contributed by atoms with E-state index in [4.69, 9.17) is 5.73 Å². The molecule has 0 radical (unpaired) electrons. The van der Waals surface area contributed by atoms with E-state index in [1.807, 2.05) is 27.7 Å². The number of halogens is 1. The number of sulfonamides is 1. The number of carbonyl (C=O) groups excluding carboxylic acids is 1. The summed E-state index contributed by atoms with van der Waals surface area (Å²) >= 11 is 0. The van der Waals surface area contributed by atoms with E-state index < -0.39 is 16.1 Å². The van der Waals surface area contributed by atoms with Gasteiger partial charge in [0.25, 0.3) is 0 Å². The maximum atomic E-state index is 13.1. The lowest BCUT2D eigenvalue weighted by Crippen LogP contribution is -2.53. The van der Waals surface area contributed by atoms with E-state index in [-0.39, 0.29) is 41.1 Å². The van der Waals surface area contributed by atoms with Gasteiger partial charge in [0.05, 0.1) is 4.90 Å². The standard InChI is InChI=1S/C20H33N3O3S.ClH/c1-14(2)12-19(20(24)23-11-5-6-17(13-23)16(4)21)22-27(25,26)18-9-7-15(3)8-10-18;/h7-10,14,16-17,19,22H,5-6,11-13,21H2,1-4H3;1H. The van der Waals surface area contributed by atoms with E-state index in [2.05, 4.69) is 4.72 Å². The molecule has 1 aliphatic rings. The number of nitrogens with two attached hydrogens (primary N) is 1. The fraction of sp³-hybridized carbons (Fsp3) is 0.650. The summed E-state index contributed by atoms with van der Waals surface area (Å²) < 4.78 is 28.2. The first-order valence-electron chi connectivity index (χ1n) is 9.73. The molecule has 28 heavy (non-hydrogen) atoms. The molecule has 0 bridgehead atoms. The molecule has 1 aromatic carbocycles. The quantitative estimate of drug-likeness (QED) is 0.694. The minimum atomic E-state index is -3.76. The minimum absolute atomic E-state index is 0. The van der Waals surface area contributed by atoms with Crippen LogP contribution < -0.4 is 10.5 Å². The van der Waals surface area contributed by atoms with Crippen LogP contribution in [-0.4, -0.2) is 44.4 Å². The van der Waals surface area contributed by atoms with Crippen molar-refractivity contribution in [2.45, 2.75) is 63.9 Å². The molecule has 3 N–H and O–H groups in total. The van der Waals surface area contributed by atoms with E-state index in [1.54, 1.807) is 29.2 Å². The van der Waals surface area contributed by atoms with Crippen molar-refractivity contribution in [3.8, 4) is 0 Å². The molecular weight excluding hydrogens is 398 g/mol. The minimum Gasteiger partial charge on any atom is -0.341 e. The highest BCUT2D eigenvalue weighted by Crippen LogP contribution is 2.21. The third kappa shape index (κ3) is 6.72. The van der Waals surface area contributed by atoms with Crippen LogP contribution in [0.3, 0.4) is 0 Å². The first-order valence-corrected chi connectivity index (χ1v) is 11.2. The fourth-order valence-electron chi connectivity index (χ4n) is 3.50. The second-order valence-corrected chi connectivity index (χ2v) is 9.88. The first-order chi connectivity index (χ1) is 12.6. The summed E-state index contributed by atoms with van der Waals surface area (Å²) in [6.45, 7) is 9.09. The highest BCUT2D eigenvalue weighted by atomic mass is 35.5. The normalized spacial score (nSPS) is 19.8. The van der Waals surface area contributed by atoms with E-state index in [9.17, 15) is 13.2 Å². The van der Waals surface area contributed by atoms with Crippen molar-refractivity contribution in [1.29, 1.82) is 0 Å². The Labute approximate surface area is 175 Å². The van der Waals surface area contributed by atoms with Crippen molar-refractivity contribution in [2.75, 3.05) is 13.1 Å². The molecule has 0 spiro atoms. The summed E-state index contributed by atoms with van der Waals surface area (Å²) in [5.74, 6) is 0.300. The fourth-order valence-corrected chi connectivity index (χ4v) is 4.71. The number of rotatable bonds is 7. The summed E-state index contributed by atoms with van der Waals surface area (Å²) in [6, 6.07) is 5.91. The summed E-state index contributed by atoms with van der Waals surface area (Å²) in [6.07, 6.45) is 2.37. The van der Waals surface area contributed by atoms with Crippen molar-refractivity contribution in [1.82, 2.24) is 9.62 Å². The van der Waals surface area contributed by atoms with E-state index >= 15 is 0 Å². The van der Waals surface area contributed by atoms with Gasteiger partial charge in [0.2, 0.25) is 15.9 Å². The van der Waals surface area contributed by atoms with Gasteiger partial charge in [0, 0.05) is 19.1 Å². The molecule has 1 saturated heterocycles. The topological polar surface area (TPSA) is 92.5 Å². The molecule has 8 heteroatoms. The van der Waals surface area contributed by atoms with Crippen molar-refractivity contribution < 1.29 is 13.2 Å². The molecular formula is C20H34ClN3O3S. The van der Waals surface area contributed by atoms with Crippen LogP contribution in [0.15, 0.2) is 29.2 Å². The highest BCUT2D eigenvalue weighted by molar-refractivity contribution is 7.89. The van der Waals surface area contributed by atoms with Gasteiger partial charge in [-0.2, -0.15) is 4.72 Å². The van der Waals surface area contributed by atoms with Gasteiger partial charge in [-0.25, -0.2) is 8.42 Å². The molecule has 0 aliphatic carbocycles. The van der Waals surface area contributed by atoms with Crippen LogP contribution in [0.4, 0.5) is 0 Å². The van der Waals surface area contributed by atoms with E-state index in [1.165, 1.54) is 0 Å². The Kier molecular flexibility index (Phi) is 9.40. The molecule has 1 aliphatic heterocycles. The van der Waals surface area contributed by atoms with Crippen molar-refractivity contribution in [3.05, 3.63) is 29.8 Å². The van der Waals surface area contributed by atoms with Crippen LogP contribution >= 0.6 is 12.4 Å². The number of benzene rings is 1. The Morgan fingerprint density at radius 1 is 1.25 bits per heavy atom. The van der Waals surface area contributed by atoms with Gasteiger partial charge in [-0.15, -0.1) is 12.4 Å². The molecule has 1 heterocycles. The predicted octanol–water partition coefficient (Wildman–Crippen LogP) is 2.70. The Balaban J connectivity index is 0.00000392. The number of likely N-dealkylation sites (tertiary alicyclic amines) is 1. The number of aryl methyl sites for hydroxylation is 1. The second-order valence-electron chi connectivity index (χ2n) is 8.16. The smallest absolute Gasteiger partial charge is 0.241 e. The van der Waals surface area contributed by atoms with Gasteiger partial charge in [0.15, 0.2) is 0 Å². The maximum Gasteiger partial charge on any atom is 0.241 e. The highest BCUT2D eigenvalue weighted by Gasteiger charge is 2.33. The lowest BCUT2D eigenvalue weighted by atomic mass is 9.91. The molecule has 0 aromatic heterocycles. The van der Waals surface area contributed by atoms with Gasteiger partial charge in [-0.05, 0) is 57.1 Å². The average molecular weight is 432 g/mol. The third-order valence-corrected chi connectivity index (χ3v) is 6.63. The lowest BCUT2D eigenvalue weighted by Gasteiger charge is -2.36. The Hall–Kier alpha value is -1.15. The molecule has 6 nitrogen and oxygen atoms in total. The van der Waals surface area contributed by atoms with Gasteiger partial charge < -0.3 is 10.6 Å². The number of nitrogens with one attached hydrogen (secondary N) is 1. The number of carbonyl (C=O) groups is 1. The number of hydrogen-bond acceptors (Lipinski definition) is 4. The Morgan fingerprint density at radius 3 is 2.39 bits per heavy atom. The molecule has 1 fully saturated rings. The van der Waals surface area contributed by atoms with Crippen LogP contribution in [0.5, 0.6) is 0 Å². The average Bonchev–Trinajstić information content (AvgIpc) is 2.60. The number of piperidine rings is 1. The number of amides is 1. The molecule has 2 rings (SSSR count). The summed E-state index contributed by atoms with van der Waals surface area (Å²) in [5, 5.41) is 0. The maximum absolute atomic E-state index is 13.1. The van der Waals surface area contributed by atoms with Crippen LogP contribution in [0, 0.1) is 18.8 Å². The number of nitrogens with zero attached hydrogens (tertiary/aromatic N) is 1. The Morgan fingerprint density at radius 2 is 1.86 bits per heavy atom. The number of hydrogen-bond donors (Lipinski definition) is 2. The van der Waals surface area contributed by atoms with Gasteiger partial charge in [-0.1, -0.05) is 31.5 Å². The zero-order chi connectivity index (χ0) is 20.2. The van der Waals surface area contributed by atoms with Gasteiger partial charge in [-0.3, -0.25) is 4.79 Å². The summed E-state index contributed by atoms with van der Waals surface area (Å²) in [7, 11) is -3.76. The van der Waals surface area contributed by atoms with Gasteiger partial charge >= 0.3 is 0 Å². The van der Waals surface area contributed by atoms with E-state index in [0.29, 0.717) is 19.5 Å². The molecule has 160 valence electrons. The Bertz CT molecular complexity index is 736. The van der Waals surface area contributed by atoms with Crippen molar-refractivity contribution in [2.24, 2.45) is 17.6 Å². The summed E-state index contributed by atoms with van der Waals surface area (Å²) in [4.78, 5) is 15.1. The largest absolute Gasteiger partial charge is 0.341 e. The second kappa shape index (κ2) is 10.6. The van der Waals surface area contributed by atoms with Crippen LogP contribution in [0.2, 0.25) is 0 Å². The van der Waals surface area contributed by atoms with Crippen LogP contribution in [0.25, 0.3) is 0 Å². The van der Waals surface area contributed by atoms with Crippen LogP contribution in [-0.2, 0) is 14.8 Å². The summed E-state index contributed by atoms with van der Waals surface area (Å²) in [5.41, 5.74) is 7.01. The van der Waals surface area contributed by atoms with Crippen molar-refractivity contribution >= 4 is 28.3 Å². The third-order valence-electron chi connectivity index (χ3n) is 5.15. The first kappa shape index (κ1) is 24.9. The zero-order valence-corrected chi connectivity index (χ0v) is 18.9. The van der Waals surface area contributed by atoms with Crippen molar-refractivity contribution in [3.63, 3.8) is 0 Å².